The van der Waals surface area contributed by atoms with E-state index in [9.17, 15) is 18.0 Å². The molecule has 0 N–H and O–H groups in total. The second kappa shape index (κ2) is 6.39. The molecule has 2 aliphatic rings. The lowest BCUT2D eigenvalue weighted by Gasteiger charge is -2.32. The number of carbonyl (C=O) groups is 1. The zero-order valence-electron chi connectivity index (χ0n) is 12.7. The van der Waals surface area contributed by atoms with Crippen LogP contribution in [0.4, 0.5) is 13.2 Å². The predicted molar refractivity (Wildman–Crippen MR) is 84.9 cm³/mol. The highest BCUT2D eigenvalue weighted by Crippen LogP contribution is 2.48. The summed E-state index contributed by atoms with van der Waals surface area (Å²) < 4.78 is 46.2. The van der Waals surface area contributed by atoms with Crippen LogP contribution in [0.15, 0.2) is 64.2 Å². The van der Waals surface area contributed by atoms with Gasteiger partial charge in [-0.05, 0) is 24.6 Å². The number of rotatable bonds is 2. The van der Waals surface area contributed by atoms with Crippen LogP contribution in [0.5, 0.6) is 0 Å². The number of nitrogens with zero attached hydrogens (tertiary/aromatic N) is 1. The SMILES string of the molecule is CCOC(=O)C1=C(C(F)(F)F)N2C=CC=CC2c2ccccc2S1. The zero-order chi connectivity index (χ0) is 17.3. The first-order chi connectivity index (χ1) is 11.4. The molecule has 1 atom stereocenters. The Hall–Kier alpha value is -2.15. The Bertz CT molecular complexity index is 752. The fourth-order valence-electron chi connectivity index (χ4n) is 2.67. The number of carbonyl (C=O) groups excluding carboxylic acids is 1. The number of halogens is 3. The third kappa shape index (κ3) is 2.96. The standard InChI is InChI=1S/C17H14F3NO2S/c1-2-23-16(22)14-15(17(18,19)20)21-10-6-5-8-12(21)11-7-3-4-9-13(11)24-14/h3-10,12H,2H2,1H3. The van der Waals surface area contributed by atoms with E-state index in [1.807, 2.05) is 0 Å². The van der Waals surface area contributed by atoms with Gasteiger partial charge in [-0.1, -0.05) is 42.1 Å². The van der Waals surface area contributed by atoms with Gasteiger partial charge in [0.15, 0.2) is 0 Å². The molecule has 0 saturated heterocycles. The van der Waals surface area contributed by atoms with E-state index < -0.39 is 28.8 Å². The van der Waals surface area contributed by atoms with Gasteiger partial charge in [0.25, 0.3) is 0 Å². The van der Waals surface area contributed by atoms with Gasteiger partial charge >= 0.3 is 12.1 Å². The number of allylic oxidation sites excluding steroid dienone is 3. The maximum Gasteiger partial charge on any atom is 0.432 e. The van der Waals surface area contributed by atoms with Gasteiger partial charge in [0, 0.05) is 11.1 Å². The molecule has 0 saturated carbocycles. The summed E-state index contributed by atoms with van der Waals surface area (Å²) in [4.78, 5) is 13.5. The number of thioether (sulfide) groups is 1. The van der Waals surface area contributed by atoms with E-state index in [1.165, 1.54) is 12.3 Å². The van der Waals surface area contributed by atoms with Gasteiger partial charge in [-0.3, -0.25) is 0 Å². The lowest BCUT2D eigenvalue weighted by Crippen LogP contribution is -2.33. The molecule has 0 amide bonds. The first kappa shape index (κ1) is 16.7. The van der Waals surface area contributed by atoms with Gasteiger partial charge in [-0.15, -0.1) is 0 Å². The number of ether oxygens (including phenoxy) is 1. The topological polar surface area (TPSA) is 29.5 Å². The van der Waals surface area contributed by atoms with E-state index in [1.54, 1.807) is 43.3 Å². The predicted octanol–water partition coefficient (Wildman–Crippen LogP) is 4.56. The second-order valence-electron chi connectivity index (χ2n) is 5.11. The first-order valence-corrected chi connectivity index (χ1v) is 8.14. The molecule has 3 nitrogen and oxygen atoms in total. The van der Waals surface area contributed by atoms with Crippen LogP contribution in [0.1, 0.15) is 18.5 Å². The lowest BCUT2D eigenvalue weighted by atomic mass is 10.0. The Morgan fingerprint density at radius 1 is 1.29 bits per heavy atom. The summed E-state index contributed by atoms with van der Waals surface area (Å²) in [5.41, 5.74) is -0.281. The van der Waals surface area contributed by atoms with Gasteiger partial charge in [0.1, 0.15) is 10.6 Å². The molecular weight excluding hydrogens is 339 g/mol. The lowest BCUT2D eigenvalue weighted by molar-refractivity contribution is -0.140. The van der Waals surface area contributed by atoms with Gasteiger partial charge in [-0.25, -0.2) is 4.79 Å². The maximum atomic E-state index is 13.8. The third-order valence-corrected chi connectivity index (χ3v) is 4.76. The third-order valence-electron chi connectivity index (χ3n) is 3.60. The molecule has 0 spiro atoms. The van der Waals surface area contributed by atoms with E-state index in [-0.39, 0.29) is 6.61 Å². The minimum atomic E-state index is -4.69. The van der Waals surface area contributed by atoms with Crippen LogP contribution in [-0.2, 0) is 9.53 Å². The largest absolute Gasteiger partial charge is 0.462 e. The Labute approximate surface area is 141 Å². The molecule has 1 aromatic rings. The van der Waals surface area contributed by atoms with Crippen molar-refractivity contribution < 1.29 is 22.7 Å². The molecule has 2 heterocycles. The summed E-state index contributed by atoms with van der Waals surface area (Å²) in [6.07, 6.45) is 1.55. The number of hydrogen-bond acceptors (Lipinski definition) is 4. The normalized spacial score (nSPS) is 19.7. The van der Waals surface area contributed by atoms with Crippen LogP contribution in [0, 0.1) is 0 Å². The minimum Gasteiger partial charge on any atom is -0.462 e. The van der Waals surface area contributed by atoms with Crippen molar-refractivity contribution in [2.75, 3.05) is 6.61 Å². The van der Waals surface area contributed by atoms with Crippen molar-refractivity contribution in [1.29, 1.82) is 0 Å². The summed E-state index contributed by atoms with van der Waals surface area (Å²) >= 11 is 0.803. The summed E-state index contributed by atoms with van der Waals surface area (Å²) in [5.74, 6) is -0.965. The first-order valence-electron chi connectivity index (χ1n) is 7.32. The van der Waals surface area contributed by atoms with Crippen LogP contribution in [0.2, 0.25) is 0 Å². The van der Waals surface area contributed by atoms with Crippen molar-refractivity contribution in [2.45, 2.75) is 24.0 Å². The van der Waals surface area contributed by atoms with E-state index >= 15 is 0 Å². The van der Waals surface area contributed by atoms with Gasteiger partial charge in [0.2, 0.25) is 0 Å². The van der Waals surface area contributed by atoms with Crippen molar-refractivity contribution >= 4 is 17.7 Å². The van der Waals surface area contributed by atoms with Crippen molar-refractivity contribution in [3.63, 3.8) is 0 Å². The number of esters is 1. The van der Waals surface area contributed by atoms with E-state index in [0.717, 1.165) is 16.7 Å². The van der Waals surface area contributed by atoms with E-state index in [0.29, 0.717) is 10.5 Å². The molecule has 2 aliphatic heterocycles. The smallest absolute Gasteiger partial charge is 0.432 e. The highest BCUT2D eigenvalue weighted by atomic mass is 32.2. The summed E-state index contributed by atoms with van der Waals surface area (Å²) in [6.45, 7) is 1.57. The molecule has 3 rings (SSSR count). The molecule has 126 valence electrons. The second-order valence-corrected chi connectivity index (χ2v) is 6.17. The molecule has 7 heteroatoms. The molecule has 0 bridgehead atoms. The summed E-state index contributed by atoms with van der Waals surface area (Å²) in [7, 11) is 0. The maximum absolute atomic E-state index is 13.8. The molecule has 24 heavy (non-hydrogen) atoms. The van der Waals surface area contributed by atoms with Crippen molar-refractivity contribution in [1.82, 2.24) is 4.90 Å². The highest BCUT2D eigenvalue weighted by Gasteiger charge is 2.46. The van der Waals surface area contributed by atoms with Gasteiger partial charge < -0.3 is 9.64 Å². The van der Waals surface area contributed by atoms with Crippen molar-refractivity contribution in [3.05, 3.63) is 64.9 Å². The molecule has 0 aliphatic carbocycles. The number of hydrogen-bond donors (Lipinski definition) is 0. The Morgan fingerprint density at radius 3 is 2.75 bits per heavy atom. The minimum absolute atomic E-state index is 0.00878. The molecular formula is C17H14F3NO2S. The Balaban J connectivity index is 2.24. The van der Waals surface area contributed by atoms with E-state index in [2.05, 4.69) is 0 Å². The Morgan fingerprint density at radius 2 is 2.04 bits per heavy atom. The van der Waals surface area contributed by atoms with Gasteiger partial charge in [-0.2, -0.15) is 13.2 Å². The zero-order valence-corrected chi connectivity index (χ0v) is 13.5. The molecule has 0 radical (unpaired) electrons. The molecule has 0 fully saturated rings. The Kier molecular flexibility index (Phi) is 4.45. The summed E-state index contributed by atoms with van der Waals surface area (Å²) in [6, 6.07) is 6.36. The highest BCUT2D eigenvalue weighted by molar-refractivity contribution is 8.04. The number of benzene rings is 1. The van der Waals surface area contributed by atoms with Crippen molar-refractivity contribution in [3.8, 4) is 0 Å². The molecule has 1 aromatic carbocycles. The van der Waals surface area contributed by atoms with Crippen LogP contribution in [0.3, 0.4) is 0 Å². The fourth-order valence-corrected chi connectivity index (χ4v) is 3.80. The average Bonchev–Trinajstić information content (AvgIpc) is 2.69. The quantitative estimate of drug-likeness (QED) is 0.729. The summed E-state index contributed by atoms with van der Waals surface area (Å²) in [5, 5.41) is 0. The van der Waals surface area contributed by atoms with Crippen LogP contribution in [0.25, 0.3) is 0 Å². The monoisotopic (exact) mass is 353 g/mol. The molecule has 0 aromatic heterocycles. The average molecular weight is 353 g/mol. The fraction of sp³-hybridized carbons (Fsp3) is 0.235. The van der Waals surface area contributed by atoms with Crippen LogP contribution in [-0.4, -0.2) is 23.7 Å². The van der Waals surface area contributed by atoms with Gasteiger partial charge in [0.05, 0.1) is 12.6 Å². The van der Waals surface area contributed by atoms with Crippen LogP contribution >= 0.6 is 11.8 Å². The van der Waals surface area contributed by atoms with E-state index in [4.69, 9.17) is 4.74 Å². The number of fused-ring (bicyclic) bond motifs is 3. The van der Waals surface area contributed by atoms with Crippen LogP contribution < -0.4 is 0 Å². The number of alkyl halides is 3. The van der Waals surface area contributed by atoms with Crippen molar-refractivity contribution in [2.24, 2.45) is 0 Å². The molecule has 1 unspecified atom stereocenters.